The van der Waals surface area contributed by atoms with Gasteiger partial charge in [0.05, 0.1) is 9.79 Å². The lowest BCUT2D eigenvalue weighted by molar-refractivity contribution is -0.0488. The lowest BCUT2D eigenvalue weighted by Crippen LogP contribution is -2.48. The lowest BCUT2D eigenvalue weighted by atomic mass is 9.46. The number of rotatable bonds is 19. The van der Waals surface area contributed by atoms with Crippen LogP contribution in [-0.4, -0.2) is 25.9 Å². The molecule has 8 heteroatoms. The van der Waals surface area contributed by atoms with E-state index >= 15 is 0 Å². The van der Waals surface area contributed by atoms with Crippen LogP contribution in [0.25, 0.3) is 0 Å². The Morgan fingerprint density at radius 1 is 0.522 bits per heavy atom. The highest BCUT2D eigenvalue weighted by Crippen LogP contribution is 2.65. The summed E-state index contributed by atoms with van der Waals surface area (Å²) in [5, 5.41) is 0. The molecular weight excluding hydrogens is 617 g/mol. The van der Waals surface area contributed by atoms with Crippen LogP contribution in [0.5, 0.6) is 0 Å². The Morgan fingerprint density at radius 2 is 0.891 bits per heavy atom. The van der Waals surface area contributed by atoms with Crippen molar-refractivity contribution >= 4 is 20.2 Å². The van der Waals surface area contributed by atoms with E-state index in [0.717, 1.165) is 75.3 Å². The minimum Gasteiger partial charge on any atom is -0.282 e. The van der Waals surface area contributed by atoms with Crippen LogP contribution in [0.15, 0.2) is 58.3 Å². The largest absolute Gasteiger partial charge is 0.294 e. The van der Waals surface area contributed by atoms with Crippen LogP contribution in [0.3, 0.4) is 0 Å². The minimum atomic E-state index is -4.31. The zero-order valence-electron chi connectivity index (χ0n) is 30.2. The summed E-state index contributed by atoms with van der Waals surface area (Å²) >= 11 is 0. The molecule has 6 nitrogen and oxygen atoms in total. The van der Waals surface area contributed by atoms with E-state index in [1.54, 1.807) is 12.1 Å². The fourth-order valence-corrected chi connectivity index (χ4v) is 9.58. The van der Waals surface area contributed by atoms with Gasteiger partial charge in [0.2, 0.25) is 0 Å². The molecular formula is C38H62O6S2. The second-order valence-corrected chi connectivity index (χ2v) is 17.2. The van der Waals surface area contributed by atoms with Crippen LogP contribution in [0.1, 0.15) is 156 Å². The second kappa shape index (κ2) is 15.7. The van der Waals surface area contributed by atoms with E-state index in [0.29, 0.717) is 0 Å². The molecule has 0 radical (unpaired) electrons. The Labute approximate surface area is 281 Å². The fraction of sp³-hybridized carbons (Fsp3) is 0.684. The van der Waals surface area contributed by atoms with Crippen LogP contribution < -0.4 is 0 Å². The Kier molecular flexibility index (Phi) is 13.8. The lowest BCUT2D eigenvalue weighted by Gasteiger charge is -2.58. The predicted octanol–water partition coefficient (Wildman–Crippen LogP) is 11.1. The molecule has 262 valence electrons. The van der Waals surface area contributed by atoms with E-state index in [4.69, 9.17) is 0 Å². The van der Waals surface area contributed by atoms with Crippen molar-refractivity contribution in [2.24, 2.45) is 21.7 Å². The zero-order chi connectivity index (χ0) is 35.2. The van der Waals surface area contributed by atoms with E-state index in [1.807, 2.05) is 24.3 Å². The summed E-state index contributed by atoms with van der Waals surface area (Å²) in [6.45, 7) is 23.0. The monoisotopic (exact) mass is 678 g/mol. The first-order valence-corrected chi connectivity index (χ1v) is 20.4. The van der Waals surface area contributed by atoms with Gasteiger partial charge in [-0.05, 0) is 107 Å². The third-order valence-corrected chi connectivity index (χ3v) is 14.7. The average molecular weight is 679 g/mol. The Morgan fingerprint density at radius 3 is 1.17 bits per heavy atom. The van der Waals surface area contributed by atoms with Gasteiger partial charge >= 0.3 is 0 Å². The molecule has 46 heavy (non-hydrogen) atoms. The van der Waals surface area contributed by atoms with Crippen molar-refractivity contribution < 1.29 is 25.9 Å². The maximum absolute atomic E-state index is 12.0. The van der Waals surface area contributed by atoms with Gasteiger partial charge in [0.1, 0.15) is 0 Å². The van der Waals surface area contributed by atoms with Gasteiger partial charge in [0, 0.05) is 0 Å². The molecule has 0 aliphatic carbocycles. The quantitative estimate of drug-likeness (QED) is 0.143. The second-order valence-electron chi connectivity index (χ2n) is 14.3. The first kappa shape index (κ1) is 40.4. The number of hydrogen-bond donors (Lipinski definition) is 2. The SMILES string of the molecule is CCC(C)(CC)CC(c1ccc(S(=O)(=O)O)cc1)C(CC)(CC)C(CC)(CC)CC(c1ccc(S(=O)(=O)O)cc1)C(C)(CC)CC. The summed E-state index contributed by atoms with van der Waals surface area (Å²) in [5.41, 5.74) is 1.99. The average Bonchev–Trinajstić information content (AvgIpc) is 3.05. The van der Waals surface area contributed by atoms with Crippen molar-refractivity contribution in [1.29, 1.82) is 0 Å². The molecule has 2 rings (SSSR count). The Hall–Kier alpha value is -1.74. The van der Waals surface area contributed by atoms with Gasteiger partial charge in [-0.25, -0.2) is 0 Å². The molecule has 2 unspecified atom stereocenters. The van der Waals surface area contributed by atoms with Crippen molar-refractivity contribution in [3.63, 3.8) is 0 Å². The van der Waals surface area contributed by atoms with Crippen molar-refractivity contribution in [3.05, 3.63) is 59.7 Å². The molecule has 0 saturated heterocycles. The van der Waals surface area contributed by atoms with Gasteiger partial charge in [0.15, 0.2) is 0 Å². The van der Waals surface area contributed by atoms with E-state index in [-0.39, 0.29) is 43.3 Å². The van der Waals surface area contributed by atoms with Crippen LogP contribution >= 0.6 is 0 Å². The molecule has 0 aliphatic heterocycles. The van der Waals surface area contributed by atoms with E-state index < -0.39 is 20.2 Å². The Balaban J connectivity index is 2.94. The highest BCUT2D eigenvalue weighted by molar-refractivity contribution is 7.86. The van der Waals surface area contributed by atoms with E-state index in [1.165, 1.54) is 12.1 Å². The highest BCUT2D eigenvalue weighted by Gasteiger charge is 2.54. The first-order valence-electron chi connectivity index (χ1n) is 17.5. The van der Waals surface area contributed by atoms with E-state index in [9.17, 15) is 25.9 Å². The first-order chi connectivity index (χ1) is 21.3. The molecule has 0 fully saturated rings. The van der Waals surface area contributed by atoms with Gasteiger partial charge in [-0.2, -0.15) is 16.8 Å². The molecule has 2 atom stereocenters. The molecule has 2 aromatic rings. The summed E-state index contributed by atoms with van der Waals surface area (Å²) in [5.74, 6) is 0.279. The van der Waals surface area contributed by atoms with Crippen molar-refractivity contribution in [2.45, 2.75) is 155 Å². The van der Waals surface area contributed by atoms with Gasteiger partial charge < -0.3 is 0 Å². The number of benzene rings is 2. The molecule has 0 amide bonds. The van der Waals surface area contributed by atoms with Gasteiger partial charge in [0.25, 0.3) is 20.2 Å². The zero-order valence-corrected chi connectivity index (χ0v) is 31.8. The molecule has 0 heterocycles. The van der Waals surface area contributed by atoms with Crippen LogP contribution in [0.4, 0.5) is 0 Å². The molecule has 2 aromatic carbocycles. The fourth-order valence-electron chi connectivity index (χ4n) is 8.62. The van der Waals surface area contributed by atoms with Gasteiger partial charge in [-0.15, -0.1) is 0 Å². The molecule has 2 N–H and O–H groups in total. The van der Waals surface area contributed by atoms with Crippen molar-refractivity contribution in [3.8, 4) is 0 Å². The molecule has 0 aliphatic rings. The third-order valence-electron chi connectivity index (χ3n) is 13.0. The predicted molar refractivity (Wildman–Crippen MR) is 191 cm³/mol. The van der Waals surface area contributed by atoms with Crippen LogP contribution in [-0.2, 0) is 20.2 Å². The summed E-state index contributed by atoms with van der Waals surface area (Å²) in [7, 11) is -8.61. The molecule has 0 aromatic heterocycles. The van der Waals surface area contributed by atoms with E-state index in [2.05, 4.69) is 69.2 Å². The Bertz CT molecular complexity index is 1440. The maximum Gasteiger partial charge on any atom is 0.294 e. The van der Waals surface area contributed by atoms with Gasteiger partial charge in [-0.3, -0.25) is 9.11 Å². The van der Waals surface area contributed by atoms with Gasteiger partial charge in [-0.1, -0.05) is 119 Å². The summed E-state index contributed by atoms with van der Waals surface area (Å²) in [6.07, 6.45) is 9.69. The highest BCUT2D eigenvalue weighted by atomic mass is 32.2. The van der Waals surface area contributed by atoms with Crippen LogP contribution in [0, 0.1) is 21.7 Å². The third kappa shape index (κ3) is 8.27. The molecule has 0 bridgehead atoms. The van der Waals surface area contributed by atoms with Crippen LogP contribution in [0.2, 0.25) is 0 Å². The normalized spacial score (nSPS) is 15.1. The minimum absolute atomic E-state index is 0.0452. The smallest absolute Gasteiger partial charge is 0.282 e. The molecule has 0 spiro atoms. The topological polar surface area (TPSA) is 109 Å². The summed E-state index contributed by atoms with van der Waals surface area (Å²) in [4.78, 5) is -0.181. The van der Waals surface area contributed by atoms with Crippen molar-refractivity contribution in [2.75, 3.05) is 0 Å². The summed E-state index contributed by atoms with van der Waals surface area (Å²) in [6, 6.07) is 13.8. The maximum atomic E-state index is 12.0. The summed E-state index contributed by atoms with van der Waals surface area (Å²) < 4.78 is 67.2. The molecule has 0 saturated carbocycles. The van der Waals surface area contributed by atoms with Crippen molar-refractivity contribution in [1.82, 2.24) is 0 Å². The standard InChI is InChI=1S/C38H62O6S2/c1-11-35(9,12-2)27-34(30-21-25-32(26-22-30)46(42,43)44)38(17-7,18-8)37(15-5,16-6)28-33(36(10,13-3)14-4)29-19-23-31(24-20-29)45(39,40)41/h19-26,33-34H,11-18,27-28H2,1-10H3,(H,39,40,41)(H,42,43,44). The number of hydrogen-bond acceptors (Lipinski definition) is 4.